The third-order valence-electron chi connectivity index (χ3n) is 6.87. The smallest absolute Gasteiger partial charge is 0.0723 e. The quantitative estimate of drug-likeness (QED) is 0.774. The number of likely N-dealkylation sites (tertiary alicyclic amines) is 1. The third kappa shape index (κ3) is 3.96. The zero-order valence-corrected chi connectivity index (χ0v) is 15.4. The average Bonchev–Trinajstić information content (AvgIpc) is 3.03. The molecular formula is C19H35N3O2. The third-order valence-corrected chi connectivity index (χ3v) is 6.87. The van der Waals surface area contributed by atoms with Gasteiger partial charge in [0, 0.05) is 65.1 Å². The van der Waals surface area contributed by atoms with E-state index in [0.717, 1.165) is 25.7 Å². The van der Waals surface area contributed by atoms with E-state index in [-0.39, 0.29) is 5.60 Å². The van der Waals surface area contributed by atoms with Gasteiger partial charge in [0.2, 0.25) is 0 Å². The molecule has 24 heavy (non-hydrogen) atoms. The van der Waals surface area contributed by atoms with Gasteiger partial charge < -0.3 is 19.3 Å². The monoisotopic (exact) mass is 337 g/mol. The Morgan fingerprint density at radius 2 is 1.67 bits per heavy atom. The first-order valence-electron chi connectivity index (χ1n) is 10.1. The van der Waals surface area contributed by atoms with Crippen molar-refractivity contribution in [2.45, 2.75) is 43.7 Å². The number of piperidine rings is 1. The second kappa shape index (κ2) is 7.58. The summed E-state index contributed by atoms with van der Waals surface area (Å²) < 4.78 is 11.9. The fourth-order valence-corrected chi connectivity index (χ4v) is 5.03. The summed E-state index contributed by atoms with van der Waals surface area (Å²) in [5, 5.41) is 0. The molecule has 0 radical (unpaired) electrons. The molecule has 0 amide bonds. The van der Waals surface area contributed by atoms with Gasteiger partial charge in [-0.2, -0.15) is 0 Å². The lowest BCUT2D eigenvalue weighted by Gasteiger charge is -2.41. The van der Waals surface area contributed by atoms with Crippen molar-refractivity contribution in [2.24, 2.45) is 5.92 Å². The summed E-state index contributed by atoms with van der Waals surface area (Å²) in [6.07, 6.45) is 6.25. The lowest BCUT2D eigenvalue weighted by atomic mass is 9.86. The molecule has 0 aromatic heterocycles. The Kier molecular flexibility index (Phi) is 5.44. The second-order valence-electron chi connectivity index (χ2n) is 8.55. The highest BCUT2D eigenvalue weighted by Crippen LogP contribution is 2.38. The van der Waals surface area contributed by atoms with Gasteiger partial charge in [-0.1, -0.05) is 0 Å². The Hall–Kier alpha value is -0.200. The Morgan fingerprint density at radius 1 is 0.958 bits per heavy atom. The average molecular weight is 338 g/mol. The fraction of sp³-hybridized carbons (Fsp3) is 1.00. The van der Waals surface area contributed by atoms with Crippen molar-refractivity contribution >= 4 is 0 Å². The van der Waals surface area contributed by atoms with E-state index in [2.05, 4.69) is 21.7 Å². The van der Waals surface area contributed by atoms with Crippen molar-refractivity contribution in [1.82, 2.24) is 14.7 Å². The van der Waals surface area contributed by atoms with Crippen LogP contribution in [-0.2, 0) is 9.47 Å². The zero-order valence-electron chi connectivity index (χ0n) is 15.4. The number of nitrogens with zero attached hydrogens (tertiary/aromatic N) is 3. The molecule has 0 bridgehead atoms. The first kappa shape index (κ1) is 17.2. The molecule has 0 aliphatic carbocycles. The van der Waals surface area contributed by atoms with Crippen molar-refractivity contribution in [3.63, 3.8) is 0 Å². The van der Waals surface area contributed by atoms with Gasteiger partial charge in [-0.3, -0.25) is 4.90 Å². The number of piperazine rings is 1. The van der Waals surface area contributed by atoms with Crippen LogP contribution < -0.4 is 0 Å². The van der Waals surface area contributed by atoms with Crippen LogP contribution in [0.4, 0.5) is 0 Å². The number of likely N-dealkylation sites (N-methyl/N-ethyl adjacent to an activating group) is 1. The fourth-order valence-electron chi connectivity index (χ4n) is 5.03. The highest BCUT2D eigenvalue weighted by molar-refractivity contribution is 4.97. The first-order chi connectivity index (χ1) is 11.7. The molecule has 138 valence electrons. The lowest BCUT2D eigenvalue weighted by molar-refractivity contribution is -0.0491. The molecule has 1 atom stereocenters. The van der Waals surface area contributed by atoms with Crippen molar-refractivity contribution in [3.05, 3.63) is 0 Å². The standard InChI is InChI=1S/C19H35N3O2/c1-20-8-10-22(11-9-20)18-14-19(24-16-18)4-6-21(7-5-19)15-17-2-12-23-13-3-17/h17-18H,2-16H2,1H3/t18-/m0/s1. The zero-order chi connectivity index (χ0) is 16.4. The minimum Gasteiger partial charge on any atom is -0.381 e. The topological polar surface area (TPSA) is 28.2 Å². The number of hydrogen-bond acceptors (Lipinski definition) is 5. The molecule has 4 heterocycles. The maximum absolute atomic E-state index is 6.41. The molecular weight excluding hydrogens is 302 g/mol. The molecule has 0 N–H and O–H groups in total. The molecule has 4 aliphatic heterocycles. The molecule has 1 spiro atoms. The Morgan fingerprint density at radius 3 is 2.38 bits per heavy atom. The van der Waals surface area contributed by atoms with E-state index >= 15 is 0 Å². The number of rotatable bonds is 3. The van der Waals surface area contributed by atoms with Gasteiger partial charge in [0.05, 0.1) is 12.2 Å². The molecule has 0 aromatic rings. The minimum atomic E-state index is 0.195. The maximum Gasteiger partial charge on any atom is 0.0723 e. The summed E-state index contributed by atoms with van der Waals surface area (Å²) in [7, 11) is 2.23. The largest absolute Gasteiger partial charge is 0.381 e. The highest BCUT2D eigenvalue weighted by Gasteiger charge is 2.44. The Balaban J connectivity index is 1.23. The molecule has 5 heteroatoms. The van der Waals surface area contributed by atoms with Gasteiger partial charge in [-0.15, -0.1) is 0 Å². The van der Waals surface area contributed by atoms with Crippen LogP contribution in [0.5, 0.6) is 0 Å². The predicted octanol–water partition coefficient (Wildman–Crippen LogP) is 1.28. The van der Waals surface area contributed by atoms with Gasteiger partial charge in [0.1, 0.15) is 0 Å². The van der Waals surface area contributed by atoms with Crippen molar-refractivity contribution in [2.75, 3.05) is 72.7 Å². The number of ether oxygens (including phenoxy) is 2. The summed E-state index contributed by atoms with van der Waals surface area (Å²) in [5.41, 5.74) is 0.195. The predicted molar refractivity (Wildman–Crippen MR) is 95.4 cm³/mol. The molecule has 5 nitrogen and oxygen atoms in total. The molecule has 4 saturated heterocycles. The van der Waals surface area contributed by atoms with E-state index in [1.165, 1.54) is 77.9 Å². The van der Waals surface area contributed by atoms with Crippen LogP contribution in [0.3, 0.4) is 0 Å². The molecule has 0 aromatic carbocycles. The van der Waals surface area contributed by atoms with Gasteiger partial charge >= 0.3 is 0 Å². The first-order valence-corrected chi connectivity index (χ1v) is 10.1. The summed E-state index contributed by atoms with van der Waals surface area (Å²) in [5.74, 6) is 0.857. The lowest BCUT2D eigenvalue weighted by Crippen LogP contribution is -2.50. The van der Waals surface area contributed by atoms with Crippen molar-refractivity contribution in [1.29, 1.82) is 0 Å². The maximum atomic E-state index is 6.41. The van der Waals surface area contributed by atoms with E-state index in [1.54, 1.807) is 0 Å². The summed E-state index contributed by atoms with van der Waals surface area (Å²) in [6, 6.07) is 0.667. The van der Waals surface area contributed by atoms with Crippen molar-refractivity contribution in [3.8, 4) is 0 Å². The van der Waals surface area contributed by atoms with E-state index in [9.17, 15) is 0 Å². The van der Waals surface area contributed by atoms with Crippen LogP contribution in [0.1, 0.15) is 32.1 Å². The summed E-state index contributed by atoms with van der Waals surface area (Å²) in [4.78, 5) is 7.81. The van der Waals surface area contributed by atoms with Gasteiger partial charge in [-0.05, 0) is 45.1 Å². The van der Waals surface area contributed by atoms with Crippen LogP contribution in [-0.4, -0.2) is 99.0 Å². The van der Waals surface area contributed by atoms with E-state index in [0.29, 0.717) is 6.04 Å². The van der Waals surface area contributed by atoms with Gasteiger partial charge in [0.15, 0.2) is 0 Å². The molecule has 0 unspecified atom stereocenters. The molecule has 4 fully saturated rings. The normalized spacial score (nSPS) is 34.1. The van der Waals surface area contributed by atoms with E-state index in [4.69, 9.17) is 9.47 Å². The van der Waals surface area contributed by atoms with Crippen LogP contribution in [0.25, 0.3) is 0 Å². The van der Waals surface area contributed by atoms with Gasteiger partial charge in [0.25, 0.3) is 0 Å². The SMILES string of the molecule is CN1CCN([C@@H]2COC3(CCN(CC4CCOCC4)CC3)C2)CC1. The van der Waals surface area contributed by atoms with Crippen LogP contribution in [0.15, 0.2) is 0 Å². The Labute approximate surface area is 147 Å². The van der Waals surface area contributed by atoms with Crippen LogP contribution >= 0.6 is 0 Å². The molecule has 0 saturated carbocycles. The summed E-state index contributed by atoms with van der Waals surface area (Å²) >= 11 is 0. The van der Waals surface area contributed by atoms with Crippen LogP contribution in [0, 0.1) is 5.92 Å². The van der Waals surface area contributed by atoms with E-state index in [1.807, 2.05) is 0 Å². The van der Waals surface area contributed by atoms with Gasteiger partial charge in [-0.25, -0.2) is 0 Å². The Bertz CT molecular complexity index is 397. The summed E-state index contributed by atoms with van der Waals surface area (Å²) in [6.45, 7) is 11.5. The van der Waals surface area contributed by atoms with E-state index < -0.39 is 0 Å². The van der Waals surface area contributed by atoms with Crippen molar-refractivity contribution < 1.29 is 9.47 Å². The molecule has 4 rings (SSSR count). The molecule has 4 aliphatic rings. The van der Waals surface area contributed by atoms with Crippen LogP contribution in [0.2, 0.25) is 0 Å². The second-order valence-corrected chi connectivity index (χ2v) is 8.55. The highest BCUT2D eigenvalue weighted by atomic mass is 16.5. The number of hydrogen-bond donors (Lipinski definition) is 0. The minimum absolute atomic E-state index is 0.195.